The van der Waals surface area contributed by atoms with Crippen LogP contribution < -0.4 is 4.90 Å². The zero-order valence-corrected chi connectivity index (χ0v) is 26.2. The molecule has 1 aromatic heterocycles. The Bertz CT molecular complexity index is 1560. The van der Waals surface area contributed by atoms with Crippen molar-refractivity contribution in [2.45, 2.75) is 76.9 Å². The van der Waals surface area contributed by atoms with Crippen molar-refractivity contribution in [3.8, 4) is 0 Å². The summed E-state index contributed by atoms with van der Waals surface area (Å²) in [7, 11) is 1.34. The average Bonchev–Trinajstić information content (AvgIpc) is 3.40. The number of hydrogen-bond acceptors (Lipinski definition) is 7. The number of amides is 1. The molecule has 0 saturated carbocycles. The van der Waals surface area contributed by atoms with Crippen LogP contribution in [0.3, 0.4) is 0 Å². The second kappa shape index (κ2) is 13.4. The quantitative estimate of drug-likeness (QED) is 0.262. The van der Waals surface area contributed by atoms with Gasteiger partial charge in [0.15, 0.2) is 0 Å². The predicted molar refractivity (Wildman–Crippen MR) is 152 cm³/mol. The Labute approximate surface area is 269 Å². The lowest BCUT2D eigenvalue weighted by atomic mass is 9.85. The van der Waals surface area contributed by atoms with Crippen molar-refractivity contribution in [2.75, 3.05) is 18.0 Å². The Hall–Kier alpha value is -4.09. The van der Waals surface area contributed by atoms with E-state index in [0.717, 1.165) is 27.9 Å². The van der Waals surface area contributed by atoms with E-state index in [1.807, 2.05) is 0 Å². The number of aryl methyl sites for hydroxylation is 1. The summed E-state index contributed by atoms with van der Waals surface area (Å²) in [4.78, 5) is 16.0. The molecule has 2 heterocycles. The zero-order chi connectivity index (χ0) is 35.8. The Morgan fingerprint density at radius 3 is 1.94 bits per heavy atom. The minimum absolute atomic E-state index is 0.0379. The van der Waals surface area contributed by atoms with Crippen molar-refractivity contribution in [3.05, 3.63) is 69.8 Å². The number of piperidine rings is 1. The lowest BCUT2D eigenvalue weighted by molar-refractivity contribution is -0.143. The van der Waals surface area contributed by atoms with Gasteiger partial charge in [0, 0.05) is 26.2 Å². The molecule has 4 rings (SSSR count). The third-order valence-electron chi connectivity index (χ3n) is 7.59. The molecule has 1 atom stereocenters. The summed E-state index contributed by atoms with van der Waals surface area (Å²) in [6, 6.07) is 3.56. The van der Waals surface area contributed by atoms with Crippen LogP contribution in [-0.2, 0) is 43.4 Å². The summed E-state index contributed by atoms with van der Waals surface area (Å²) in [6.07, 6.45) is -16.5. The van der Waals surface area contributed by atoms with E-state index in [9.17, 15) is 49.4 Å². The second-order valence-corrected chi connectivity index (χ2v) is 12.5. The van der Waals surface area contributed by atoms with Crippen LogP contribution in [0.25, 0.3) is 0 Å². The Balaban J connectivity index is 1.70. The molecular weight excluding hydrogens is 663 g/mol. The molecule has 3 aromatic rings. The number of carbonyl (C=O) groups is 1. The lowest BCUT2D eigenvalue weighted by Crippen LogP contribution is -2.42. The molecule has 264 valence electrons. The topological polar surface area (TPSA) is 96.6 Å². The number of aromatic nitrogens is 4. The van der Waals surface area contributed by atoms with Gasteiger partial charge >= 0.3 is 24.6 Å². The molecule has 1 saturated heterocycles. The van der Waals surface area contributed by atoms with Crippen LogP contribution in [0, 0.1) is 5.92 Å². The molecule has 1 aliphatic heterocycles. The highest BCUT2D eigenvalue weighted by Crippen LogP contribution is 2.39. The fourth-order valence-corrected chi connectivity index (χ4v) is 5.32. The van der Waals surface area contributed by atoms with Gasteiger partial charge in [-0.3, -0.25) is 0 Å². The van der Waals surface area contributed by atoms with E-state index >= 15 is 0 Å². The summed E-state index contributed by atoms with van der Waals surface area (Å²) in [6.45, 7) is 4.24. The number of ether oxygens (including phenoxy) is 1. The first-order valence-electron chi connectivity index (χ1n) is 14.6. The molecule has 1 N–H and O–H groups in total. The van der Waals surface area contributed by atoms with E-state index in [2.05, 4.69) is 15.4 Å². The van der Waals surface area contributed by atoms with Crippen LogP contribution in [0.5, 0.6) is 0 Å². The maximum absolute atomic E-state index is 13.8. The minimum atomic E-state index is -5.14. The fraction of sp³-hybridized carbons (Fsp3) is 0.533. The largest absolute Gasteiger partial charge is 0.444 e. The first kappa shape index (κ1) is 36.7. The number of aliphatic hydroxyl groups excluding tert-OH is 1. The standard InChI is InChI=1S/C30H33F9N6O3/c1-27(2,3)48-26(47)44-9-7-18(8-10-44)24(46)23-6-5-20(28(31,32)33)13-19(23)16-45(25-40-42-43(4)41-25)15-17-11-21(29(34,35)36)14-22(12-17)30(37,38)39/h5-6,11-14,18,24,46H,7-10,15-16H2,1-4H3. The van der Waals surface area contributed by atoms with Gasteiger partial charge in [-0.2, -0.15) is 44.3 Å². The van der Waals surface area contributed by atoms with Gasteiger partial charge in [-0.1, -0.05) is 11.2 Å². The fourth-order valence-electron chi connectivity index (χ4n) is 5.32. The highest BCUT2D eigenvalue weighted by molar-refractivity contribution is 5.68. The number of carbonyl (C=O) groups excluding carboxylic acids is 1. The molecule has 18 heteroatoms. The molecular formula is C30H33F9N6O3. The molecule has 0 spiro atoms. The van der Waals surface area contributed by atoms with Crippen LogP contribution in [0.4, 0.5) is 50.3 Å². The summed E-state index contributed by atoms with van der Waals surface area (Å²) < 4.78 is 128. The Morgan fingerprint density at radius 1 is 0.896 bits per heavy atom. The van der Waals surface area contributed by atoms with E-state index in [-0.39, 0.29) is 49.1 Å². The van der Waals surface area contributed by atoms with Gasteiger partial charge < -0.3 is 19.6 Å². The van der Waals surface area contributed by atoms with Gasteiger partial charge in [-0.15, -0.1) is 5.10 Å². The molecule has 1 unspecified atom stereocenters. The second-order valence-electron chi connectivity index (χ2n) is 12.5. The van der Waals surface area contributed by atoms with Crippen molar-refractivity contribution in [1.82, 2.24) is 25.1 Å². The normalized spacial score (nSPS) is 15.8. The molecule has 0 aliphatic carbocycles. The average molecular weight is 697 g/mol. The van der Waals surface area contributed by atoms with Crippen LogP contribution in [0.15, 0.2) is 36.4 Å². The maximum Gasteiger partial charge on any atom is 0.416 e. The number of aliphatic hydroxyl groups is 1. The van der Waals surface area contributed by atoms with Crippen LogP contribution >= 0.6 is 0 Å². The Kier molecular flexibility index (Phi) is 10.3. The number of tetrazole rings is 1. The van der Waals surface area contributed by atoms with Gasteiger partial charge in [-0.05, 0) is 91.8 Å². The SMILES string of the molecule is Cn1nnc(N(Cc2cc(C(F)(F)F)cc(C(F)(F)F)c2)Cc2cc(C(F)(F)F)ccc2C(O)C2CCN(C(=O)OC(C)(C)C)CC2)n1. The molecule has 0 radical (unpaired) electrons. The molecule has 9 nitrogen and oxygen atoms in total. The first-order valence-corrected chi connectivity index (χ1v) is 14.6. The molecule has 1 aliphatic rings. The highest BCUT2D eigenvalue weighted by Gasteiger charge is 2.38. The van der Waals surface area contributed by atoms with Crippen molar-refractivity contribution in [2.24, 2.45) is 13.0 Å². The van der Waals surface area contributed by atoms with Gasteiger partial charge in [-0.25, -0.2) is 4.79 Å². The summed E-state index contributed by atoms with van der Waals surface area (Å²) in [5, 5.41) is 22.8. The van der Waals surface area contributed by atoms with Crippen molar-refractivity contribution in [3.63, 3.8) is 0 Å². The number of likely N-dealkylation sites (tertiary alicyclic amines) is 1. The Morgan fingerprint density at radius 2 is 1.46 bits per heavy atom. The van der Waals surface area contributed by atoms with Gasteiger partial charge in [0.1, 0.15) is 5.60 Å². The summed E-state index contributed by atoms with van der Waals surface area (Å²) in [5.74, 6) is -0.813. The van der Waals surface area contributed by atoms with E-state index in [1.165, 1.54) is 11.9 Å². The molecule has 2 aromatic carbocycles. The number of rotatable bonds is 7. The molecule has 1 fully saturated rings. The van der Waals surface area contributed by atoms with Crippen molar-refractivity contribution in [1.29, 1.82) is 0 Å². The number of anilines is 1. The summed E-state index contributed by atoms with van der Waals surface area (Å²) in [5.41, 5.74) is -5.55. The lowest BCUT2D eigenvalue weighted by Gasteiger charge is -2.36. The number of halogens is 9. The minimum Gasteiger partial charge on any atom is -0.444 e. The number of hydrogen-bond donors (Lipinski definition) is 1. The molecule has 1 amide bonds. The third kappa shape index (κ3) is 9.29. The van der Waals surface area contributed by atoms with Crippen LogP contribution in [0.2, 0.25) is 0 Å². The number of benzene rings is 2. The highest BCUT2D eigenvalue weighted by atomic mass is 19.4. The monoisotopic (exact) mass is 696 g/mol. The van der Waals surface area contributed by atoms with Gasteiger partial charge in [0.05, 0.1) is 29.8 Å². The molecule has 0 bridgehead atoms. The predicted octanol–water partition coefficient (Wildman–Crippen LogP) is 7.15. The number of nitrogens with zero attached hydrogens (tertiary/aromatic N) is 6. The zero-order valence-electron chi connectivity index (χ0n) is 26.2. The smallest absolute Gasteiger partial charge is 0.416 e. The summed E-state index contributed by atoms with van der Waals surface area (Å²) >= 11 is 0. The number of alkyl halides is 9. The van der Waals surface area contributed by atoms with Crippen LogP contribution in [0.1, 0.15) is 73.1 Å². The van der Waals surface area contributed by atoms with E-state index < -0.39 is 77.6 Å². The third-order valence-corrected chi connectivity index (χ3v) is 7.59. The first-order chi connectivity index (χ1) is 22.0. The maximum atomic E-state index is 13.8. The van der Waals surface area contributed by atoms with Crippen LogP contribution in [-0.4, -0.2) is 55.0 Å². The molecule has 48 heavy (non-hydrogen) atoms. The van der Waals surface area contributed by atoms with E-state index in [4.69, 9.17) is 4.74 Å². The van der Waals surface area contributed by atoms with Gasteiger partial charge in [0.25, 0.3) is 5.95 Å². The van der Waals surface area contributed by atoms with E-state index in [1.54, 1.807) is 20.8 Å². The van der Waals surface area contributed by atoms with E-state index in [0.29, 0.717) is 12.1 Å². The van der Waals surface area contributed by atoms with Crippen molar-refractivity contribution >= 4 is 12.0 Å². The van der Waals surface area contributed by atoms with Crippen molar-refractivity contribution < 1.29 is 54.2 Å². The van der Waals surface area contributed by atoms with Gasteiger partial charge in [0.2, 0.25) is 0 Å².